The Bertz CT molecular complexity index is 1460. The van der Waals surface area contributed by atoms with Crippen molar-refractivity contribution in [2.75, 3.05) is 13.7 Å². The molecule has 11 heteroatoms. The molecule has 2 aromatic heterocycles. The van der Waals surface area contributed by atoms with E-state index in [2.05, 4.69) is 15.4 Å². The van der Waals surface area contributed by atoms with Crippen LogP contribution in [0.4, 0.5) is 0 Å². The molecule has 0 spiro atoms. The van der Waals surface area contributed by atoms with Crippen LogP contribution in [-0.2, 0) is 32.1 Å². The molecule has 2 heterocycles. The highest BCUT2D eigenvalue weighted by atomic mass is 16.5. The minimum absolute atomic E-state index is 0.177. The van der Waals surface area contributed by atoms with Crippen molar-refractivity contribution in [3.05, 3.63) is 89.6 Å². The molecule has 202 valence electrons. The number of carbonyl (C=O) groups excluding carboxylic acids is 3. The molecule has 11 nitrogen and oxygen atoms in total. The van der Waals surface area contributed by atoms with Gasteiger partial charge >= 0.3 is 11.9 Å². The summed E-state index contributed by atoms with van der Waals surface area (Å²) in [5, 5.41) is 14.5. The van der Waals surface area contributed by atoms with Crippen molar-refractivity contribution < 1.29 is 33.4 Å². The van der Waals surface area contributed by atoms with Crippen molar-refractivity contribution in [2.24, 2.45) is 0 Å². The van der Waals surface area contributed by atoms with E-state index in [1.807, 2.05) is 41.0 Å². The van der Waals surface area contributed by atoms with Gasteiger partial charge in [0.2, 0.25) is 5.91 Å². The quantitative estimate of drug-likeness (QED) is 0.236. The average molecular weight is 533 g/mol. The van der Waals surface area contributed by atoms with E-state index in [1.54, 1.807) is 30.5 Å². The maximum absolute atomic E-state index is 12.7. The van der Waals surface area contributed by atoms with Crippen molar-refractivity contribution in [2.45, 2.75) is 31.8 Å². The van der Waals surface area contributed by atoms with Crippen molar-refractivity contribution in [3.63, 3.8) is 0 Å². The average Bonchev–Trinajstić information content (AvgIpc) is 3.58. The van der Waals surface area contributed by atoms with Gasteiger partial charge in [-0.15, -0.1) is 0 Å². The fourth-order valence-corrected chi connectivity index (χ4v) is 4.15. The Morgan fingerprint density at radius 3 is 2.54 bits per heavy atom. The monoisotopic (exact) mass is 532 g/mol. The molecule has 0 aliphatic heterocycles. The van der Waals surface area contributed by atoms with Gasteiger partial charge in [0.1, 0.15) is 18.1 Å². The second kappa shape index (κ2) is 12.5. The van der Waals surface area contributed by atoms with Crippen LogP contribution in [0.3, 0.4) is 0 Å². The molecule has 2 aromatic carbocycles. The van der Waals surface area contributed by atoms with E-state index in [4.69, 9.17) is 14.5 Å². The van der Waals surface area contributed by atoms with Crippen LogP contribution in [0.25, 0.3) is 11.0 Å². The number of benzene rings is 2. The van der Waals surface area contributed by atoms with E-state index < -0.39 is 29.8 Å². The van der Waals surface area contributed by atoms with Crippen LogP contribution < -0.4 is 10.6 Å². The molecule has 0 saturated heterocycles. The van der Waals surface area contributed by atoms with Crippen molar-refractivity contribution in [3.8, 4) is 0 Å². The highest BCUT2D eigenvalue weighted by Crippen LogP contribution is 2.26. The zero-order valence-electron chi connectivity index (χ0n) is 21.3. The smallest absolute Gasteiger partial charge is 0.325 e. The van der Waals surface area contributed by atoms with Crippen molar-refractivity contribution in [1.29, 1.82) is 0 Å². The van der Waals surface area contributed by atoms with Gasteiger partial charge in [-0.25, -0.2) is 4.98 Å². The molecular formula is C28H28N4O7. The third-order valence-corrected chi connectivity index (χ3v) is 6.05. The summed E-state index contributed by atoms with van der Waals surface area (Å²) in [4.78, 5) is 52.6. The number of imidazole rings is 1. The highest BCUT2D eigenvalue weighted by Gasteiger charge is 2.24. The van der Waals surface area contributed by atoms with E-state index in [-0.39, 0.29) is 19.4 Å². The van der Waals surface area contributed by atoms with Gasteiger partial charge in [0.25, 0.3) is 5.91 Å². The van der Waals surface area contributed by atoms with Gasteiger partial charge in [0.05, 0.1) is 43.4 Å². The Kier molecular flexibility index (Phi) is 8.72. The number of aromatic nitrogens is 2. The summed E-state index contributed by atoms with van der Waals surface area (Å²) in [5.41, 5.74) is 2.44. The van der Waals surface area contributed by atoms with Gasteiger partial charge in [0.15, 0.2) is 0 Å². The first-order valence-electron chi connectivity index (χ1n) is 12.3. The standard InChI is InChI=1S/C28H28N4O7/c1-38-26(36)16-29-28(37)19-9-10-23-21(15-19)31-27(32(23)17-20-8-5-13-39-20)22(14-18-6-3-2-4-7-18)30-24(33)11-12-25(34)35/h2-10,13,15,22H,11-12,14,16-17H2,1H3,(H,29,37)(H,30,33)(H,34,35). The van der Waals surface area contributed by atoms with Crippen LogP contribution >= 0.6 is 0 Å². The number of rotatable bonds is 12. The van der Waals surface area contributed by atoms with Gasteiger partial charge in [0, 0.05) is 12.0 Å². The summed E-state index contributed by atoms with van der Waals surface area (Å²) in [6.45, 7) is 0.0378. The van der Waals surface area contributed by atoms with Crippen LogP contribution in [-0.4, -0.2) is 52.1 Å². The van der Waals surface area contributed by atoms with Crippen molar-refractivity contribution >= 4 is 34.8 Å². The molecule has 3 N–H and O–H groups in total. The predicted octanol–water partition coefficient (Wildman–Crippen LogP) is 2.85. The number of hydrogen-bond acceptors (Lipinski definition) is 7. The fourth-order valence-electron chi connectivity index (χ4n) is 4.15. The molecule has 0 radical (unpaired) electrons. The minimum Gasteiger partial charge on any atom is -0.481 e. The summed E-state index contributed by atoms with van der Waals surface area (Å²) < 4.78 is 12.0. The van der Waals surface area contributed by atoms with Crippen molar-refractivity contribution in [1.82, 2.24) is 20.2 Å². The number of aliphatic carboxylic acids is 1. The number of carbonyl (C=O) groups is 4. The zero-order chi connectivity index (χ0) is 27.8. The van der Waals surface area contributed by atoms with Gasteiger partial charge < -0.3 is 29.5 Å². The van der Waals surface area contributed by atoms with E-state index in [0.29, 0.717) is 41.1 Å². The van der Waals surface area contributed by atoms with E-state index in [1.165, 1.54) is 7.11 Å². The maximum atomic E-state index is 12.7. The summed E-state index contributed by atoms with van der Waals surface area (Å²) in [6.07, 6.45) is 1.49. The number of carboxylic acid groups (broad SMARTS) is 1. The lowest BCUT2D eigenvalue weighted by Crippen LogP contribution is -2.32. The number of methoxy groups -OCH3 is 1. The molecule has 2 amide bonds. The number of furan rings is 1. The van der Waals surface area contributed by atoms with E-state index >= 15 is 0 Å². The SMILES string of the molecule is COC(=O)CNC(=O)c1ccc2c(c1)nc(C(Cc1ccccc1)NC(=O)CCC(=O)O)n2Cc1ccco1. The third-order valence-electron chi connectivity index (χ3n) is 6.05. The predicted molar refractivity (Wildman–Crippen MR) is 140 cm³/mol. The molecule has 0 aliphatic rings. The minimum atomic E-state index is -1.06. The van der Waals surface area contributed by atoms with Gasteiger partial charge in [-0.05, 0) is 42.3 Å². The summed E-state index contributed by atoms with van der Waals surface area (Å²) in [6, 6.07) is 17.5. The fraction of sp³-hybridized carbons (Fsp3) is 0.250. The van der Waals surface area contributed by atoms with Crippen LogP contribution in [0.1, 0.15) is 46.4 Å². The Morgan fingerprint density at radius 2 is 1.85 bits per heavy atom. The van der Waals surface area contributed by atoms with Crippen LogP contribution in [0.15, 0.2) is 71.3 Å². The molecule has 1 unspecified atom stereocenters. The number of ether oxygens (including phenoxy) is 1. The number of fused-ring (bicyclic) bond motifs is 1. The second-order valence-electron chi connectivity index (χ2n) is 8.80. The third kappa shape index (κ3) is 7.10. The molecule has 0 fully saturated rings. The lowest BCUT2D eigenvalue weighted by Gasteiger charge is -2.20. The number of amides is 2. The first-order chi connectivity index (χ1) is 18.8. The van der Waals surface area contributed by atoms with Crippen LogP contribution in [0, 0.1) is 0 Å². The Morgan fingerprint density at radius 1 is 1.05 bits per heavy atom. The first-order valence-corrected chi connectivity index (χ1v) is 12.3. The topological polar surface area (TPSA) is 153 Å². The number of nitrogens with one attached hydrogen (secondary N) is 2. The number of esters is 1. The van der Waals surface area contributed by atoms with E-state index in [0.717, 1.165) is 5.56 Å². The highest BCUT2D eigenvalue weighted by molar-refractivity contribution is 5.98. The molecule has 0 saturated carbocycles. The zero-order valence-corrected chi connectivity index (χ0v) is 21.3. The van der Waals surface area contributed by atoms with Gasteiger partial charge in [-0.1, -0.05) is 30.3 Å². The number of hydrogen-bond donors (Lipinski definition) is 3. The van der Waals surface area contributed by atoms with E-state index in [9.17, 15) is 19.2 Å². The molecular weight excluding hydrogens is 504 g/mol. The Labute approximate surface area is 223 Å². The summed E-state index contributed by atoms with van der Waals surface area (Å²) >= 11 is 0. The Hall–Kier alpha value is -4.93. The number of nitrogens with zero attached hydrogens (tertiary/aromatic N) is 2. The van der Waals surface area contributed by atoms with Crippen LogP contribution in [0.2, 0.25) is 0 Å². The number of carboxylic acids is 1. The second-order valence-corrected chi connectivity index (χ2v) is 8.80. The lowest BCUT2D eigenvalue weighted by atomic mass is 10.0. The molecule has 4 aromatic rings. The maximum Gasteiger partial charge on any atom is 0.325 e. The summed E-state index contributed by atoms with van der Waals surface area (Å²) in [7, 11) is 1.24. The summed E-state index contributed by atoms with van der Waals surface area (Å²) in [5.74, 6) is -1.35. The molecule has 4 rings (SSSR count). The largest absolute Gasteiger partial charge is 0.481 e. The molecule has 1 atom stereocenters. The first kappa shape index (κ1) is 27.1. The molecule has 0 aliphatic carbocycles. The molecule has 39 heavy (non-hydrogen) atoms. The normalized spacial score (nSPS) is 11.6. The molecule has 0 bridgehead atoms. The van der Waals surface area contributed by atoms with Gasteiger partial charge in [-0.2, -0.15) is 0 Å². The lowest BCUT2D eigenvalue weighted by molar-refractivity contribution is -0.139. The Balaban J connectivity index is 1.73. The van der Waals surface area contributed by atoms with Crippen LogP contribution in [0.5, 0.6) is 0 Å². The van der Waals surface area contributed by atoms with Gasteiger partial charge in [-0.3, -0.25) is 19.2 Å².